The molecule has 2 aromatic heterocycles. The van der Waals surface area contributed by atoms with Gasteiger partial charge in [0.25, 0.3) is 0 Å². The number of hydrogen-bond donors (Lipinski definition) is 1. The van der Waals surface area contributed by atoms with E-state index < -0.39 is 0 Å². The number of benzene rings is 1. The third-order valence-electron chi connectivity index (χ3n) is 3.31. The summed E-state index contributed by atoms with van der Waals surface area (Å²) < 4.78 is 3.36. The molecular weight excluding hydrogens is 314 g/mol. The van der Waals surface area contributed by atoms with Crippen LogP contribution in [0.5, 0.6) is 0 Å². The number of carbonyl (C=O) groups excluding carboxylic acids is 1. The van der Waals surface area contributed by atoms with E-state index in [2.05, 4.69) is 15.5 Å². The third-order valence-corrected chi connectivity index (χ3v) is 3.68. The average molecular weight is 330 g/mol. The molecule has 0 saturated heterocycles. The highest BCUT2D eigenvalue weighted by Crippen LogP contribution is 2.14. The summed E-state index contributed by atoms with van der Waals surface area (Å²) in [5, 5.41) is 11.8. The molecule has 0 aliphatic carbocycles. The normalized spacial score (nSPS) is 10.7. The van der Waals surface area contributed by atoms with E-state index in [1.165, 1.54) is 4.68 Å². The molecule has 23 heavy (non-hydrogen) atoms. The summed E-state index contributed by atoms with van der Waals surface area (Å²) in [6.45, 7) is 2.58. The predicted molar refractivity (Wildman–Crippen MR) is 88.4 cm³/mol. The molecule has 0 fully saturated rings. The number of amides is 1. The molecule has 0 atom stereocenters. The minimum atomic E-state index is -0.152. The second-order valence-corrected chi connectivity index (χ2v) is 5.62. The number of halogens is 1. The lowest BCUT2D eigenvalue weighted by atomic mass is 10.2. The van der Waals surface area contributed by atoms with Crippen LogP contribution in [0.25, 0.3) is 0 Å². The summed E-state index contributed by atoms with van der Waals surface area (Å²) in [4.78, 5) is 12.1. The molecule has 1 amide bonds. The highest BCUT2D eigenvalue weighted by Gasteiger charge is 2.08. The standard InChI is InChI=1S/C16H16ClN5O/c1-12-15(17)10-22(20-12)11-16(23)19-14-5-2-4-13(8-14)9-21-7-3-6-18-21/h2-8,10H,9,11H2,1H3,(H,19,23). The van der Waals surface area contributed by atoms with Gasteiger partial charge in [-0.1, -0.05) is 23.7 Å². The zero-order valence-electron chi connectivity index (χ0n) is 12.6. The van der Waals surface area contributed by atoms with Gasteiger partial charge < -0.3 is 5.32 Å². The minimum absolute atomic E-state index is 0.122. The van der Waals surface area contributed by atoms with Crippen molar-refractivity contribution in [1.29, 1.82) is 0 Å². The molecule has 0 radical (unpaired) electrons. The molecule has 2 heterocycles. The van der Waals surface area contributed by atoms with Gasteiger partial charge in [-0.2, -0.15) is 10.2 Å². The zero-order valence-corrected chi connectivity index (χ0v) is 13.4. The predicted octanol–water partition coefficient (Wildman–Crippen LogP) is 2.73. The summed E-state index contributed by atoms with van der Waals surface area (Å²) in [6.07, 6.45) is 5.28. The summed E-state index contributed by atoms with van der Waals surface area (Å²) in [7, 11) is 0. The number of anilines is 1. The Kier molecular flexibility index (Phi) is 4.43. The van der Waals surface area contributed by atoms with Crippen LogP contribution in [-0.4, -0.2) is 25.5 Å². The Balaban J connectivity index is 1.64. The minimum Gasteiger partial charge on any atom is -0.324 e. The Hall–Kier alpha value is -2.60. The molecule has 3 aromatic rings. The van der Waals surface area contributed by atoms with E-state index in [-0.39, 0.29) is 12.5 Å². The molecular formula is C16H16ClN5O. The Morgan fingerprint density at radius 1 is 1.30 bits per heavy atom. The van der Waals surface area contributed by atoms with Crippen molar-refractivity contribution >= 4 is 23.2 Å². The Bertz CT molecular complexity index is 790. The fraction of sp³-hybridized carbons (Fsp3) is 0.188. The second kappa shape index (κ2) is 6.66. The molecule has 0 saturated carbocycles. The van der Waals surface area contributed by atoms with Gasteiger partial charge in [-0.05, 0) is 30.7 Å². The first-order valence-corrected chi connectivity index (χ1v) is 7.54. The van der Waals surface area contributed by atoms with Gasteiger partial charge >= 0.3 is 0 Å². The van der Waals surface area contributed by atoms with E-state index in [9.17, 15) is 4.79 Å². The zero-order chi connectivity index (χ0) is 16.2. The maximum atomic E-state index is 12.1. The van der Waals surface area contributed by atoms with Crippen LogP contribution in [0, 0.1) is 6.92 Å². The van der Waals surface area contributed by atoms with E-state index in [1.807, 2.05) is 41.2 Å². The van der Waals surface area contributed by atoms with Crippen molar-refractivity contribution in [3.63, 3.8) is 0 Å². The molecule has 0 bridgehead atoms. The molecule has 7 heteroatoms. The van der Waals surface area contributed by atoms with Gasteiger partial charge in [0.1, 0.15) is 6.54 Å². The van der Waals surface area contributed by atoms with E-state index in [1.54, 1.807) is 19.3 Å². The van der Waals surface area contributed by atoms with Crippen molar-refractivity contribution in [2.75, 3.05) is 5.32 Å². The quantitative estimate of drug-likeness (QED) is 0.782. The SMILES string of the molecule is Cc1nn(CC(=O)Nc2cccc(Cn3cccn3)c2)cc1Cl. The van der Waals surface area contributed by atoms with Crippen molar-refractivity contribution in [3.8, 4) is 0 Å². The van der Waals surface area contributed by atoms with Gasteiger partial charge in [0.15, 0.2) is 0 Å². The molecule has 1 aromatic carbocycles. The van der Waals surface area contributed by atoms with Crippen LogP contribution < -0.4 is 5.32 Å². The molecule has 0 unspecified atom stereocenters. The maximum Gasteiger partial charge on any atom is 0.246 e. The maximum absolute atomic E-state index is 12.1. The molecule has 118 valence electrons. The van der Waals surface area contributed by atoms with Crippen molar-refractivity contribution < 1.29 is 4.79 Å². The first kappa shape index (κ1) is 15.3. The fourth-order valence-corrected chi connectivity index (χ4v) is 2.40. The van der Waals surface area contributed by atoms with Crippen molar-refractivity contribution in [2.45, 2.75) is 20.0 Å². The van der Waals surface area contributed by atoms with E-state index in [4.69, 9.17) is 11.6 Å². The van der Waals surface area contributed by atoms with Crippen LogP contribution in [-0.2, 0) is 17.9 Å². The highest BCUT2D eigenvalue weighted by molar-refractivity contribution is 6.31. The number of aryl methyl sites for hydroxylation is 1. The Labute approximate surface area is 138 Å². The Morgan fingerprint density at radius 2 is 2.17 bits per heavy atom. The first-order valence-electron chi connectivity index (χ1n) is 7.16. The van der Waals surface area contributed by atoms with Crippen molar-refractivity contribution in [3.05, 3.63) is 65.2 Å². The van der Waals surface area contributed by atoms with Crippen molar-refractivity contribution in [2.24, 2.45) is 0 Å². The lowest BCUT2D eigenvalue weighted by molar-refractivity contribution is -0.116. The number of hydrogen-bond acceptors (Lipinski definition) is 3. The monoisotopic (exact) mass is 329 g/mol. The summed E-state index contributed by atoms with van der Waals surface area (Å²) >= 11 is 5.94. The number of carbonyl (C=O) groups is 1. The smallest absolute Gasteiger partial charge is 0.246 e. The van der Waals surface area contributed by atoms with Gasteiger partial charge in [-0.15, -0.1) is 0 Å². The highest BCUT2D eigenvalue weighted by atomic mass is 35.5. The summed E-state index contributed by atoms with van der Waals surface area (Å²) in [5.74, 6) is -0.152. The number of aromatic nitrogens is 4. The Morgan fingerprint density at radius 3 is 2.87 bits per heavy atom. The van der Waals surface area contributed by atoms with Crippen LogP contribution >= 0.6 is 11.6 Å². The molecule has 0 spiro atoms. The van der Waals surface area contributed by atoms with E-state index in [0.29, 0.717) is 17.3 Å². The van der Waals surface area contributed by atoms with Crippen LogP contribution in [0.15, 0.2) is 48.9 Å². The summed E-state index contributed by atoms with van der Waals surface area (Å²) in [5.41, 5.74) is 2.51. The van der Waals surface area contributed by atoms with E-state index in [0.717, 1.165) is 11.3 Å². The number of rotatable bonds is 5. The number of nitrogens with one attached hydrogen (secondary N) is 1. The van der Waals surface area contributed by atoms with Gasteiger partial charge in [0.2, 0.25) is 5.91 Å². The van der Waals surface area contributed by atoms with Crippen LogP contribution in [0.3, 0.4) is 0 Å². The topological polar surface area (TPSA) is 64.7 Å². The van der Waals surface area contributed by atoms with E-state index >= 15 is 0 Å². The molecule has 3 rings (SSSR count). The van der Waals surface area contributed by atoms with Crippen molar-refractivity contribution in [1.82, 2.24) is 19.6 Å². The van der Waals surface area contributed by atoms with Gasteiger partial charge in [-0.25, -0.2) is 0 Å². The first-order chi connectivity index (χ1) is 11.1. The van der Waals surface area contributed by atoms with Crippen LogP contribution in [0.2, 0.25) is 5.02 Å². The molecule has 0 aliphatic heterocycles. The average Bonchev–Trinajstić information content (AvgIpc) is 3.10. The van der Waals surface area contributed by atoms with Gasteiger partial charge in [0, 0.05) is 24.3 Å². The molecule has 0 aliphatic rings. The van der Waals surface area contributed by atoms with Gasteiger partial charge in [-0.3, -0.25) is 14.2 Å². The fourth-order valence-electron chi connectivity index (χ4n) is 2.25. The van der Waals surface area contributed by atoms with Gasteiger partial charge in [0.05, 0.1) is 17.3 Å². The second-order valence-electron chi connectivity index (χ2n) is 5.21. The summed E-state index contributed by atoms with van der Waals surface area (Å²) in [6, 6.07) is 9.56. The lowest BCUT2D eigenvalue weighted by Gasteiger charge is -2.08. The largest absolute Gasteiger partial charge is 0.324 e. The lowest BCUT2D eigenvalue weighted by Crippen LogP contribution is -2.19. The third kappa shape index (κ3) is 3.98. The van der Waals surface area contributed by atoms with Crippen LogP contribution in [0.4, 0.5) is 5.69 Å². The van der Waals surface area contributed by atoms with Crippen LogP contribution in [0.1, 0.15) is 11.3 Å². The molecule has 1 N–H and O–H groups in total. The number of nitrogens with zero attached hydrogens (tertiary/aromatic N) is 4. The molecule has 6 nitrogen and oxygen atoms in total.